The van der Waals surface area contributed by atoms with Gasteiger partial charge in [0.05, 0.1) is 0 Å². The summed E-state index contributed by atoms with van der Waals surface area (Å²) >= 11 is 0. The van der Waals surface area contributed by atoms with Crippen LogP contribution in [-0.4, -0.2) is 53.3 Å². The fourth-order valence-electron chi connectivity index (χ4n) is 2.92. The van der Waals surface area contributed by atoms with E-state index < -0.39 is 6.10 Å². The number of rotatable bonds is 4. The molecule has 25 heavy (non-hydrogen) atoms. The molecule has 0 N–H and O–H groups in total. The van der Waals surface area contributed by atoms with Gasteiger partial charge in [0.2, 0.25) is 0 Å². The van der Waals surface area contributed by atoms with Gasteiger partial charge in [-0.2, -0.15) is 5.10 Å². The minimum atomic E-state index is -0.495. The number of benzene rings is 1. The van der Waals surface area contributed by atoms with Crippen LogP contribution in [0.5, 0.6) is 5.75 Å². The van der Waals surface area contributed by atoms with Crippen molar-refractivity contribution < 1.29 is 9.53 Å². The lowest BCUT2D eigenvalue weighted by atomic mass is 10.1. The number of aryl methyl sites for hydroxylation is 2. The quantitative estimate of drug-likeness (QED) is 0.854. The SMILES string of the molecule is Cc1ccc(OC(C)C(=O)N2CCN(c3cccnn3)CC2)cc1C. The fourth-order valence-corrected chi connectivity index (χ4v) is 2.92. The first kappa shape index (κ1) is 17.2. The highest BCUT2D eigenvalue weighted by atomic mass is 16.5. The second-order valence-electron chi connectivity index (χ2n) is 6.40. The van der Waals surface area contributed by atoms with Crippen LogP contribution in [0, 0.1) is 13.8 Å². The third kappa shape index (κ3) is 4.07. The monoisotopic (exact) mass is 340 g/mol. The Labute approximate surface area is 148 Å². The second kappa shape index (κ2) is 7.51. The molecule has 0 aliphatic carbocycles. The number of nitrogens with zero attached hydrogens (tertiary/aromatic N) is 4. The molecule has 0 bridgehead atoms. The van der Waals surface area contributed by atoms with Crippen molar-refractivity contribution in [3.8, 4) is 5.75 Å². The van der Waals surface area contributed by atoms with Gasteiger partial charge in [-0.05, 0) is 56.2 Å². The Morgan fingerprint density at radius 3 is 2.52 bits per heavy atom. The number of piperazine rings is 1. The van der Waals surface area contributed by atoms with Gasteiger partial charge in [-0.3, -0.25) is 4.79 Å². The van der Waals surface area contributed by atoms with Crippen molar-refractivity contribution in [3.05, 3.63) is 47.7 Å². The molecule has 1 aromatic carbocycles. The number of hydrogen-bond acceptors (Lipinski definition) is 5. The Morgan fingerprint density at radius 2 is 1.88 bits per heavy atom. The first-order valence-electron chi connectivity index (χ1n) is 8.60. The zero-order valence-electron chi connectivity index (χ0n) is 15.0. The number of amides is 1. The molecule has 2 aromatic rings. The van der Waals surface area contributed by atoms with E-state index in [1.165, 1.54) is 5.56 Å². The van der Waals surface area contributed by atoms with Crippen LogP contribution >= 0.6 is 0 Å². The van der Waals surface area contributed by atoms with E-state index in [-0.39, 0.29) is 5.91 Å². The Hall–Kier alpha value is -2.63. The highest BCUT2D eigenvalue weighted by Gasteiger charge is 2.26. The van der Waals surface area contributed by atoms with Crippen molar-refractivity contribution in [1.82, 2.24) is 15.1 Å². The van der Waals surface area contributed by atoms with Gasteiger partial charge in [-0.25, -0.2) is 0 Å². The van der Waals surface area contributed by atoms with Crippen LogP contribution in [0.25, 0.3) is 0 Å². The van der Waals surface area contributed by atoms with Crippen molar-refractivity contribution in [2.45, 2.75) is 26.9 Å². The largest absolute Gasteiger partial charge is 0.481 e. The molecule has 6 nitrogen and oxygen atoms in total. The van der Waals surface area contributed by atoms with Crippen molar-refractivity contribution in [1.29, 1.82) is 0 Å². The Kier molecular flexibility index (Phi) is 5.16. The fraction of sp³-hybridized carbons (Fsp3) is 0.421. The molecule has 1 fully saturated rings. The summed E-state index contributed by atoms with van der Waals surface area (Å²) in [4.78, 5) is 16.7. The smallest absolute Gasteiger partial charge is 0.263 e. The van der Waals surface area contributed by atoms with Gasteiger partial charge < -0.3 is 14.5 Å². The molecular formula is C19H24N4O2. The lowest BCUT2D eigenvalue weighted by Crippen LogP contribution is -2.52. The molecule has 0 spiro atoms. The average molecular weight is 340 g/mol. The summed E-state index contributed by atoms with van der Waals surface area (Å²) in [5, 5.41) is 8.04. The van der Waals surface area contributed by atoms with E-state index in [9.17, 15) is 4.79 Å². The first-order valence-corrected chi connectivity index (χ1v) is 8.60. The van der Waals surface area contributed by atoms with Crippen molar-refractivity contribution >= 4 is 11.7 Å². The number of carbonyl (C=O) groups is 1. The van der Waals surface area contributed by atoms with E-state index in [0.29, 0.717) is 13.1 Å². The third-order valence-electron chi connectivity index (χ3n) is 4.61. The molecule has 3 rings (SSSR count). The molecule has 1 aliphatic heterocycles. The van der Waals surface area contributed by atoms with Crippen LogP contribution in [-0.2, 0) is 4.79 Å². The normalized spacial score (nSPS) is 15.8. The summed E-state index contributed by atoms with van der Waals surface area (Å²) < 4.78 is 5.85. The minimum absolute atomic E-state index is 0.0250. The molecule has 132 valence electrons. The maximum Gasteiger partial charge on any atom is 0.263 e. The van der Waals surface area contributed by atoms with Gasteiger partial charge in [0.25, 0.3) is 5.91 Å². The van der Waals surface area contributed by atoms with Crippen LogP contribution in [0.3, 0.4) is 0 Å². The second-order valence-corrected chi connectivity index (χ2v) is 6.40. The summed E-state index contributed by atoms with van der Waals surface area (Å²) in [5.74, 6) is 1.62. The topological polar surface area (TPSA) is 58.6 Å². The summed E-state index contributed by atoms with van der Waals surface area (Å²) in [6.45, 7) is 8.74. The van der Waals surface area contributed by atoms with E-state index in [0.717, 1.165) is 30.2 Å². The minimum Gasteiger partial charge on any atom is -0.481 e. The number of hydrogen-bond donors (Lipinski definition) is 0. The van der Waals surface area contributed by atoms with Gasteiger partial charge in [0.1, 0.15) is 5.75 Å². The standard InChI is InChI=1S/C19H24N4O2/c1-14-6-7-17(13-15(14)2)25-16(3)19(24)23-11-9-22(10-12-23)18-5-4-8-20-21-18/h4-8,13,16H,9-12H2,1-3H3. The van der Waals surface area contributed by atoms with Crippen LogP contribution in [0.1, 0.15) is 18.1 Å². The van der Waals surface area contributed by atoms with E-state index in [1.807, 2.05) is 49.1 Å². The summed E-state index contributed by atoms with van der Waals surface area (Å²) in [7, 11) is 0. The van der Waals surface area contributed by atoms with Crippen LogP contribution < -0.4 is 9.64 Å². The molecule has 1 saturated heterocycles. The molecule has 6 heteroatoms. The maximum atomic E-state index is 12.7. The van der Waals surface area contributed by atoms with Crippen molar-refractivity contribution in [2.24, 2.45) is 0 Å². The molecule has 1 aliphatic rings. The maximum absolute atomic E-state index is 12.7. The predicted molar refractivity (Wildman–Crippen MR) is 96.8 cm³/mol. The Bertz CT molecular complexity index is 727. The zero-order chi connectivity index (χ0) is 17.8. The number of ether oxygens (including phenoxy) is 1. The van der Waals surface area contributed by atoms with Crippen molar-refractivity contribution in [3.63, 3.8) is 0 Å². The highest BCUT2D eigenvalue weighted by molar-refractivity contribution is 5.81. The molecule has 0 radical (unpaired) electrons. The molecule has 2 heterocycles. The van der Waals surface area contributed by atoms with E-state index in [4.69, 9.17) is 4.74 Å². The zero-order valence-corrected chi connectivity index (χ0v) is 15.0. The summed E-state index contributed by atoms with van der Waals surface area (Å²) in [6, 6.07) is 9.72. The number of anilines is 1. The Balaban J connectivity index is 1.55. The van der Waals surface area contributed by atoms with Gasteiger partial charge in [-0.15, -0.1) is 5.10 Å². The number of carbonyl (C=O) groups excluding carboxylic acids is 1. The predicted octanol–water partition coefficient (Wildman–Crippen LogP) is 2.21. The lowest BCUT2D eigenvalue weighted by molar-refractivity contribution is -0.138. The number of aromatic nitrogens is 2. The van der Waals surface area contributed by atoms with Gasteiger partial charge in [-0.1, -0.05) is 6.07 Å². The lowest BCUT2D eigenvalue weighted by Gasteiger charge is -2.36. The van der Waals surface area contributed by atoms with Crippen LogP contribution in [0.2, 0.25) is 0 Å². The van der Waals surface area contributed by atoms with E-state index in [2.05, 4.69) is 22.0 Å². The summed E-state index contributed by atoms with van der Waals surface area (Å²) in [6.07, 6.45) is 1.17. The third-order valence-corrected chi connectivity index (χ3v) is 4.61. The molecule has 1 atom stereocenters. The average Bonchev–Trinajstić information content (AvgIpc) is 2.65. The molecule has 1 amide bonds. The van der Waals surface area contributed by atoms with E-state index >= 15 is 0 Å². The molecule has 1 aromatic heterocycles. The summed E-state index contributed by atoms with van der Waals surface area (Å²) in [5.41, 5.74) is 2.38. The van der Waals surface area contributed by atoms with Crippen LogP contribution in [0.4, 0.5) is 5.82 Å². The first-order chi connectivity index (χ1) is 12.0. The molecule has 1 unspecified atom stereocenters. The van der Waals surface area contributed by atoms with Crippen molar-refractivity contribution in [2.75, 3.05) is 31.1 Å². The molecule has 0 saturated carbocycles. The van der Waals surface area contributed by atoms with Gasteiger partial charge in [0.15, 0.2) is 11.9 Å². The highest BCUT2D eigenvalue weighted by Crippen LogP contribution is 2.19. The molecular weight excluding hydrogens is 316 g/mol. The Morgan fingerprint density at radius 1 is 1.12 bits per heavy atom. The van der Waals surface area contributed by atoms with Gasteiger partial charge >= 0.3 is 0 Å². The van der Waals surface area contributed by atoms with Gasteiger partial charge in [0, 0.05) is 32.4 Å². The van der Waals surface area contributed by atoms with E-state index in [1.54, 1.807) is 6.20 Å². The van der Waals surface area contributed by atoms with Crippen LogP contribution in [0.15, 0.2) is 36.5 Å².